The number of ether oxygens (including phenoxy) is 1. The Balaban J connectivity index is 2.39. The molecule has 0 saturated heterocycles. The largest absolute Gasteiger partial charge is 0.496 e. The minimum Gasteiger partial charge on any atom is -0.496 e. The zero-order chi connectivity index (χ0) is 18.6. The average molecular weight is 362 g/mol. The fourth-order valence-electron chi connectivity index (χ4n) is 2.93. The second-order valence-corrected chi connectivity index (χ2v) is 8.48. The highest BCUT2D eigenvalue weighted by Crippen LogP contribution is 2.28. The van der Waals surface area contributed by atoms with Crippen molar-refractivity contribution in [2.75, 3.05) is 7.11 Å². The second-order valence-electron chi connectivity index (χ2n) is 6.80. The molecule has 25 heavy (non-hydrogen) atoms. The third kappa shape index (κ3) is 4.83. The number of nitrogens with one attached hydrogen (secondary N) is 1. The van der Waals surface area contributed by atoms with Crippen LogP contribution in [0.4, 0.5) is 0 Å². The Morgan fingerprint density at radius 1 is 1.04 bits per heavy atom. The van der Waals surface area contributed by atoms with Crippen molar-refractivity contribution in [2.45, 2.75) is 45.1 Å². The van der Waals surface area contributed by atoms with Gasteiger partial charge in [-0.1, -0.05) is 44.2 Å². The summed E-state index contributed by atoms with van der Waals surface area (Å²) in [6, 6.07) is 12.9. The third-order valence-corrected chi connectivity index (χ3v) is 5.80. The molecule has 2 aromatic carbocycles. The summed E-state index contributed by atoms with van der Waals surface area (Å²) in [4.78, 5) is 0.301. The fourth-order valence-corrected chi connectivity index (χ4v) is 4.48. The van der Waals surface area contributed by atoms with Crippen molar-refractivity contribution in [1.29, 1.82) is 0 Å². The summed E-state index contributed by atoms with van der Waals surface area (Å²) in [5.74, 6) is 1.06. The molecule has 0 spiro atoms. The van der Waals surface area contributed by atoms with Crippen LogP contribution in [0.1, 0.15) is 43.0 Å². The first kappa shape index (κ1) is 19.5. The molecule has 0 aliphatic carbocycles. The summed E-state index contributed by atoms with van der Waals surface area (Å²) < 4.78 is 34.2. The lowest BCUT2D eigenvalue weighted by Gasteiger charge is -2.22. The first-order valence-corrected chi connectivity index (χ1v) is 9.95. The van der Waals surface area contributed by atoms with Crippen LogP contribution >= 0.6 is 0 Å². The van der Waals surface area contributed by atoms with Crippen LogP contribution in [0.15, 0.2) is 47.4 Å². The number of sulfonamides is 1. The van der Waals surface area contributed by atoms with E-state index in [0.29, 0.717) is 22.1 Å². The number of methoxy groups -OCH3 is 1. The first-order valence-electron chi connectivity index (χ1n) is 8.47. The van der Waals surface area contributed by atoms with Gasteiger partial charge in [0.15, 0.2) is 0 Å². The molecule has 4 nitrogen and oxygen atoms in total. The molecule has 0 aromatic heterocycles. The molecular weight excluding hydrogens is 334 g/mol. The quantitative estimate of drug-likeness (QED) is 0.796. The standard InChI is InChI=1S/C20H27NO3S/c1-14(2)11-18(17-9-7-6-8-10-17)21-25(22,23)20-13-15(3)19(24-5)12-16(20)4/h6-10,12-14,18,21H,11H2,1-5H3. The van der Waals surface area contributed by atoms with Crippen molar-refractivity contribution in [3.8, 4) is 5.75 Å². The zero-order valence-electron chi connectivity index (χ0n) is 15.5. The number of aryl methyl sites for hydroxylation is 2. The van der Waals surface area contributed by atoms with Gasteiger partial charge in [-0.05, 0) is 55.0 Å². The van der Waals surface area contributed by atoms with Crippen LogP contribution in [0.2, 0.25) is 0 Å². The molecule has 0 amide bonds. The van der Waals surface area contributed by atoms with Gasteiger partial charge >= 0.3 is 0 Å². The lowest BCUT2D eigenvalue weighted by Crippen LogP contribution is -2.30. The molecule has 0 radical (unpaired) electrons. The maximum Gasteiger partial charge on any atom is 0.241 e. The van der Waals surface area contributed by atoms with Crippen LogP contribution in [0.3, 0.4) is 0 Å². The summed E-state index contributed by atoms with van der Waals surface area (Å²) in [5.41, 5.74) is 2.45. The van der Waals surface area contributed by atoms with Crippen molar-refractivity contribution in [3.63, 3.8) is 0 Å². The number of hydrogen-bond acceptors (Lipinski definition) is 3. The van der Waals surface area contributed by atoms with Crippen LogP contribution in [0.25, 0.3) is 0 Å². The first-order chi connectivity index (χ1) is 11.7. The lowest BCUT2D eigenvalue weighted by atomic mass is 9.98. The predicted molar refractivity (Wildman–Crippen MR) is 101 cm³/mol. The van der Waals surface area contributed by atoms with Gasteiger partial charge < -0.3 is 4.74 Å². The fraction of sp³-hybridized carbons (Fsp3) is 0.400. The number of rotatable bonds is 7. The Labute approximate surface area is 151 Å². The third-order valence-electron chi connectivity index (χ3n) is 4.19. The van der Waals surface area contributed by atoms with Gasteiger partial charge in [0, 0.05) is 6.04 Å². The van der Waals surface area contributed by atoms with E-state index in [4.69, 9.17) is 4.74 Å². The highest BCUT2D eigenvalue weighted by atomic mass is 32.2. The van der Waals surface area contributed by atoms with Gasteiger partial charge in [0.2, 0.25) is 10.0 Å². The van der Waals surface area contributed by atoms with E-state index in [0.717, 1.165) is 17.5 Å². The zero-order valence-corrected chi connectivity index (χ0v) is 16.4. The molecule has 2 aromatic rings. The summed E-state index contributed by atoms with van der Waals surface area (Å²) in [7, 11) is -2.05. The van der Waals surface area contributed by atoms with Crippen molar-refractivity contribution in [3.05, 3.63) is 59.2 Å². The maximum absolute atomic E-state index is 13.0. The van der Waals surface area contributed by atoms with Crippen molar-refractivity contribution in [1.82, 2.24) is 4.72 Å². The summed E-state index contributed by atoms with van der Waals surface area (Å²) in [6.45, 7) is 7.82. The Hall–Kier alpha value is -1.85. The van der Waals surface area contributed by atoms with Gasteiger partial charge in [0.25, 0.3) is 0 Å². The monoisotopic (exact) mass is 361 g/mol. The van der Waals surface area contributed by atoms with Gasteiger partial charge in [-0.25, -0.2) is 13.1 Å². The van der Waals surface area contributed by atoms with E-state index >= 15 is 0 Å². The smallest absolute Gasteiger partial charge is 0.241 e. The van der Waals surface area contributed by atoms with Crippen molar-refractivity contribution < 1.29 is 13.2 Å². The van der Waals surface area contributed by atoms with Gasteiger partial charge in [-0.15, -0.1) is 0 Å². The molecular formula is C20H27NO3S. The average Bonchev–Trinajstić information content (AvgIpc) is 2.56. The highest BCUT2D eigenvalue weighted by molar-refractivity contribution is 7.89. The molecule has 1 N–H and O–H groups in total. The van der Waals surface area contributed by atoms with Crippen LogP contribution in [0.5, 0.6) is 5.75 Å². The van der Waals surface area contributed by atoms with E-state index in [1.165, 1.54) is 0 Å². The van der Waals surface area contributed by atoms with E-state index in [1.807, 2.05) is 37.3 Å². The molecule has 0 saturated carbocycles. The van der Waals surface area contributed by atoms with Crippen molar-refractivity contribution >= 4 is 10.0 Å². The Morgan fingerprint density at radius 2 is 1.68 bits per heavy atom. The van der Waals surface area contributed by atoms with E-state index in [9.17, 15) is 8.42 Å². The molecule has 1 unspecified atom stereocenters. The number of benzene rings is 2. The molecule has 2 rings (SSSR count). The molecule has 0 heterocycles. The predicted octanol–water partition coefficient (Wildman–Crippen LogP) is 4.38. The van der Waals surface area contributed by atoms with Crippen molar-refractivity contribution in [2.24, 2.45) is 5.92 Å². The van der Waals surface area contributed by atoms with E-state index in [2.05, 4.69) is 18.6 Å². The van der Waals surface area contributed by atoms with Gasteiger partial charge in [-0.3, -0.25) is 0 Å². The van der Waals surface area contributed by atoms with Gasteiger partial charge in [0.1, 0.15) is 5.75 Å². The minimum absolute atomic E-state index is 0.256. The topological polar surface area (TPSA) is 55.4 Å². The highest BCUT2D eigenvalue weighted by Gasteiger charge is 2.24. The Morgan fingerprint density at radius 3 is 2.24 bits per heavy atom. The van der Waals surface area contributed by atoms with Gasteiger partial charge in [0.05, 0.1) is 12.0 Å². The Bertz CT molecular complexity index is 814. The van der Waals surface area contributed by atoms with E-state index in [1.54, 1.807) is 26.2 Å². The maximum atomic E-state index is 13.0. The molecule has 5 heteroatoms. The summed E-state index contributed by atoms with van der Waals surface area (Å²) >= 11 is 0. The number of hydrogen-bond donors (Lipinski definition) is 1. The molecule has 0 bridgehead atoms. The van der Waals surface area contributed by atoms with Gasteiger partial charge in [-0.2, -0.15) is 0 Å². The molecule has 136 valence electrons. The summed E-state index contributed by atoms with van der Waals surface area (Å²) in [6.07, 6.45) is 0.734. The van der Waals surface area contributed by atoms with Crippen LogP contribution in [-0.2, 0) is 10.0 Å². The van der Waals surface area contributed by atoms with Crippen LogP contribution in [-0.4, -0.2) is 15.5 Å². The minimum atomic E-state index is -3.64. The SMILES string of the molecule is COc1cc(C)c(S(=O)(=O)NC(CC(C)C)c2ccccc2)cc1C. The van der Waals surface area contributed by atoms with E-state index in [-0.39, 0.29) is 6.04 Å². The molecule has 0 aliphatic heterocycles. The van der Waals surface area contributed by atoms with E-state index < -0.39 is 10.0 Å². The molecule has 1 atom stereocenters. The lowest BCUT2D eigenvalue weighted by molar-refractivity contribution is 0.411. The van der Waals surface area contributed by atoms with Crippen LogP contribution < -0.4 is 9.46 Å². The molecule has 0 aliphatic rings. The normalized spacial score (nSPS) is 13.0. The molecule has 0 fully saturated rings. The van der Waals surface area contributed by atoms with Crippen LogP contribution in [0, 0.1) is 19.8 Å². The summed E-state index contributed by atoms with van der Waals surface area (Å²) in [5, 5.41) is 0. The second kappa shape index (κ2) is 8.02. The Kier molecular flexibility index (Phi) is 6.25.